The second-order valence-electron chi connectivity index (χ2n) is 3.38. The molecule has 74 valence electrons. The van der Waals surface area contributed by atoms with Crippen molar-refractivity contribution < 1.29 is 9.53 Å². The molecule has 1 saturated heterocycles. The third-order valence-electron chi connectivity index (χ3n) is 2.14. The quantitative estimate of drug-likeness (QED) is 0.823. The van der Waals surface area contributed by atoms with Crippen molar-refractivity contribution in [2.24, 2.45) is 0 Å². The molecule has 0 aromatic heterocycles. The molecule has 0 saturated carbocycles. The number of amides is 1. The number of carbonyl (C=O) groups is 1. The molecule has 0 spiro atoms. The highest BCUT2D eigenvalue weighted by Crippen LogP contribution is 2.24. The van der Waals surface area contributed by atoms with Crippen LogP contribution in [0.5, 0.6) is 0 Å². The minimum absolute atomic E-state index is 0.0504. The standard InChI is InChI=1S/C9H14BrNO2/c1-7(10)6-11-8(12)9(2)4-3-5-13-9/h1,3-6H2,2H3,(H,11,12). The Hall–Kier alpha value is -0.350. The Bertz CT molecular complexity index is 222. The van der Waals surface area contributed by atoms with Crippen LogP contribution in [0.3, 0.4) is 0 Å². The van der Waals surface area contributed by atoms with Gasteiger partial charge in [-0.25, -0.2) is 0 Å². The number of carbonyl (C=O) groups excluding carboxylic acids is 1. The third kappa shape index (κ3) is 2.81. The van der Waals surface area contributed by atoms with Crippen LogP contribution >= 0.6 is 15.9 Å². The van der Waals surface area contributed by atoms with Crippen LogP contribution in [0.2, 0.25) is 0 Å². The van der Waals surface area contributed by atoms with Crippen LogP contribution in [0.4, 0.5) is 0 Å². The van der Waals surface area contributed by atoms with Crippen molar-refractivity contribution in [2.45, 2.75) is 25.4 Å². The maximum atomic E-state index is 11.6. The molecule has 13 heavy (non-hydrogen) atoms. The zero-order valence-electron chi connectivity index (χ0n) is 7.73. The van der Waals surface area contributed by atoms with Crippen LogP contribution in [0.25, 0.3) is 0 Å². The van der Waals surface area contributed by atoms with Crippen molar-refractivity contribution in [1.82, 2.24) is 5.32 Å². The van der Waals surface area contributed by atoms with E-state index in [1.165, 1.54) is 0 Å². The Labute approximate surface area is 86.7 Å². The molecule has 1 unspecified atom stereocenters. The Morgan fingerprint density at radius 3 is 2.92 bits per heavy atom. The van der Waals surface area contributed by atoms with E-state index in [1.807, 2.05) is 6.92 Å². The van der Waals surface area contributed by atoms with Gasteiger partial charge in [0, 0.05) is 17.6 Å². The van der Waals surface area contributed by atoms with Crippen molar-refractivity contribution in [2.75, 3.05) is 13.2 Å². The second-order valence-corrected chi connectivity index (χ2v) is 4.50. The molecule has 1 amide bonds. The molecule has 0 radical (unpaired) electrons. The fourth-order valence-corrected chi connectivity index (χ4v) is 1.46. The van der Waals surface area contributed by atoms with Gasteiger partial charge in [0.1, 0.15) is 5.60 Å². The predicted octanol–water partition coefficient (Wildman–Crippen LogP) is 1.58. The van der Waals surface area contributed by atoms with Gasteiger partial charge in [0.2, 0.25) is 0 Å². The molecular formula is C9H14BrNO2. The van der Waals surface area contributed by atoms with Gasteiger partial charge in [0.15, 0.2) is 0 Å². The number of ether oxygens (including phenoxy) is 1. The van der Waals surface area contributed by atoms with E-state index in [4.69, 9.17) is 4.74 Å². The van der Waals surface area contributed by atoms with E-state index >= 15 is 0 Å². The topological polar surface area (TPSA) is 38.3 Å². The number of hydrogen-bond acceptors (Lipinski definition) is 2. The average Bonchev–Trinajstić information content (AvgIpc) is 2.49. The van der Waals surface area contributed by atoms with Crippen LogP contribution in [0.15, 0.2) is 11.1 Å². The van der Waals surface area contributed by atoms with E-state index in [2.05, 4.69) is 27.8 Å². The summed E-state index contributed by atoms with van der Waals surface area (Å²) in [4.78, 5) is 11.6. The van der Waals surface area contributed by atoms with Crippen LogP contribution in [-0.2, 0) is 9.53 Å². The van der Waals surface area contributed by atoms with E-state index in [9.17, 15) is 4.79 Å². The summed E-state index contributed by atoms with van der Waals surface area (Å²) in [7, 11) is 0. The fraction of sp³-hybridized carbons (Fsp3) is 0.667. The largest absolute Gasteiger partial charge is 0.365 e. The molecule has 0 aromatic rings. The van der Waals surface area contributed by atoms with Crippen LogP contribution in [0.1, 0.15) is 19.8 Å². The normalized spacial score (nSPS) is 27.2. The summed E-state index contributed by atoms with van der Waals surface area (Å²) in [6.07, 6.45) is 1.76. The molecule has 1 aliphatic rings. The zero-order valence-corrected chi connectivity index (χ0v) is 9.32. The zero-order chi connectivity index (χ0) is 9.90. The highest BCUT2D eigenvalue weighted by atomic mass is 79.9. The lowest BCUT2D eigenvalue weighted by Gasteiger charge is -2.21. The summed E-state index contributed by atoms with van der Waals surface area (Å²) >= 11 is 3.18. The fourth-order valence-electron chi connectivity index (χ4n) is 1.32. The number of rotatable bonds is 3. The third-order valence-corrected chi connectivity index (χ3v) is 2.42. The van der Waals surface area contributed by atoms with Gasteiger partial charge in [-0.2, -0.15) is 0 Å². The molecular weight excluding hydrogens is 234 g/mol. The molecule has 1 rings (SSSR count). The SMILES string of the molecule is C=C(Br)CNC(=O)C1(C)CCCO1. The highest BCUT2D eigenvalue weighted by Gasteiger charge is 2.37. The van der Waals surface area contributed by atoms with Crippen molar-refractivity contribution in [3.05, 3.63) is 11.1 Å². The van der Waals surface area contributed by atoms with E-state index in [1.54, 1.807) is 0 Å². The van der Waals surface area contributed by atoms with Crippen LogP contribution < -0.4 is 5.32 Å². The van der Waals surface area contributed by atoms with Gasteiger partial charge in [-0.1, -0.05) is 22.5 Å². The summed E-state index contributed by atoms with van der Waals surface area (Å²) in [6.45, 7) is 6.60. The molecule has 1 fully saturated rings. The first-order chi connectivity index (χ1) is 6.04. The van der Waals surface area contributed by atoms with E-state index < -0.39 is 5.60 Å². The van der Waals surface area contributed by atoms with Gasteiger partial charge < -0.3 is 10.1 Å². The van der Waals surface area contributed by atoms with Gasteiger partial charge in [-0.05, 0) is 19.8 Å². The summed E-state index contributed by atoms with van der Waals surface area (Å²) < 4.78 is 6.14. The molecule has 1 atom stereocenters. The summed E-state index contributed by atoms with van der Waals surface area (Å²) in [5, 5.41) is 2.75. The van der Waals surface area contributed by atoms with Gasteiger partial charge in [0.25, 0.3) is 5.91 Å². The first-order valence-corrected chi connectivity index (χ1v) is 5.09. The van der Waals surface area contributed by atoms with Gasteiger partial charge in [-0.3, -0.25) is 4.79 Å². The molecule has 4 heteroatoms. The van der Waals surface area contributed by atoms with E-state index in [0.29, 0.717) is 13.2 Å². The number of nitrogens with one attached hydrogen (secondary N) is 1. The molecule has 0 bridgehead atoms. The highest BCUT2D eigenvalue weighted by molar-refractivity contribution is 9.11. The summed E-state index contributed by atoms with van der Waals surface area (Å²) in [5.74, 6) is -0.0504. The Morgan fingerprint density at radius 1 is 1.77 bits per heavy atom. The first kappa shape index (κ1) is 10.7. The van der Waals surface area contributed by atoms with E-state index in [0.717, 1.165) is 17.3 Å². The van der Waals surface area contributed by atoms with Gasteiger partial charge in [0.05, 0.1) is 0 Å². The predicted molar refractivity (Wildman–Crippen MR) is 54.7 cm³/mol. The minimum atomic E-state index is -0.623. The lowest BCUT2D eigenvalue weighted by atomic mass is 10.0. The summed E-state index contributed by atoms with van der Waals surface area (Å²) in [5.41, 5.74) is -0.623. The van der Waals surface area contributed by atoms with Crippen LogP contribution in [-0.4, -0.2) is 24.7 Å². The van der Waals surface area contributed by atoms with Crippen molar-refractivity contribution in [1.29, 1.82) is 0 Å². The monoisotopic (exact) mass is 247 g/mol. The maximum Gasteiger partial charge on any atom is 0.252 e. The second kappa shape index (κ2) is 4.24. The smallest absolute Gasteiger partial charge is 0.252 e. The van der Waals surface area contributed by atoms with Gasteiger partial charge >= 0.3 is 0 Å². The Balaban J connectivity index is 2.42. The lowest BCUT2D eigenvalue weighted by molar-refractivity contribution is -0.139. The van der Waals surface area contributed by atoms with E-state index in [-0.39, 0.29) is 5.91 Å². The number of halogens is 1. The van der Waals surface area contributed by atoms with Crippen molar-refractivity contribution in [3.8, 4) is 0 Å². The molecule has 1 heterocycles. The Morgan fingerprint density at radius 2 is 2.46 bits per heavy atom. The number of hydrogen-bond donors (Lipinski definition) is 1. The van der Waals surface area contributed by atoms with Gasteiger partial charge in [-0.15, -0.1) is 0 Å². The first-order valence-electron chi connectivity index (χ1n) is 4.30. The summed E-state index contributed by atoms with van der Waals surface area (Å²) in [6, 6.07) is 0. The molecule has 0 aromatic carbocycles. The Kier molecular flexibility index (Phi) is 3.50. The molecule has 1 aliphatic heterocycles. The molecule has 3 nitrogen and oxygen atoms in total. The molecule has 0 aliphatic carbocycles. The van der Waals surface area contributed by atoms with Crippen LogP contribution in [0, 0.1) is 0 Å². The van der Waals surface area contributed by atoms with Crippen molar-refractivity contribution >= 4 is 21.8 Å². The lowest BCUT2D eigenvalue weighted by Crippen LogP contribution is -2.44. The average molecular weight is 248 g/mol. The van der Waals surface area contributed by atoms with Crippen molar-refractivity contribution in [3.63, 3.8) is 0 Å². The minimum Gasteiger partial charge on any atom is -0.365 e. The molecule has 1 N–H and O–H groups in total. The maximum absolute atomic E-state index is 11.6.